The van der Waals surface area contributed by atoms with Gasteiger partial charge in [0, 0.05) is 18.2 Å². The predicted octanol–water partition coefficient (Wildman–Crippen LogP) is 3.37. The number of hydrogen-bond donors (Lipinski definition) is 2. The molecule has 3 rings (SSSR count). The van der Waals surface area contributed by atoms with E-state index in [0.717, 1.165) is 22.4 Å². The molecule has 2 aromatic carbocycles. The van der Waals surface area contributed by atoms with Crippen LogP contribution in [0, 0.1) is 6.92 Å². The van der Waals surface area contributed by atoms with Gasteiger partial charge in [0.25, 0.3) is 0 Å². The van der Waals surface area contributed by atoms with E-state index in [4.69, 9.17) is 9.63 Å². The second-order valence-electron chi connectivity index (χ2n) is 6.39. The second-order valence-corrected chi connectivity index (χ2v) is 8.10. The summed E-state index contributed by atoms with van der Waals surface area (Å²) in [7, 11) is -3.64. The van der Waals surface area contributed by atoms with E-state index in [-0.39, 0.29) is 17.5 Å². The maximum absolute atomic E-state index is 12.4. The largest absolute Gasteiger partial charge is 0.396 e. The van der Waals surface area contributed by atoms with Crippen LogP contribution in [-0.4, -0.2) is 31.3 Å². The highest BCUT2D eigenvalue weighted by Gasteiger charge is 2.20. The number of aliphatic hydroxyl groups is 1. The summed E-state index contributed by atoms with van der Waals surface area (Å²) in [6.45, 7) is 3.48. The molecule has 0 aliphatic heterocycles. The van der Waals surface area contributed by atoms with Crippen molar-refractivity contribution >= 4 is 10.0 Å². The summed E-state index contributed by atoms with van der Waals surface area (Å²) in [5.41, 5.74) is 3.32. The third-order valence-corrected chi connectivity index (χ3v) is 5.89. The lowest BCUT2D eigenvalue weighted by molar-refractivity contribution is 0.275. The Bertz CT molecular complexity index is 996. The fraction of sp³-hybridized carbons (Fsp3) is 0.250. The maximum atomic E-state index is 12.4. The molecule has 0 saturated heterocycles. The van der Waals surface area contributed by atoms with Gasteiger partial charge in [-0.2, -0.15) is 0 Å². The highest BCUT2D eigenvalue weighted by atomic mass is 32.2. The molecule has 27 heavy (non-hydrogen) atoms. The van der Waals surface area contributed by atoms with Gasteiger partial charge < -0.3 is 9.63 Å². The first kappa shape index (κ1) is 19.3. The molecule has 0 bridgehead atoms. The SMILES string of the molecule is Cc1onc(-c2ccccc2)c1-c1ccc(S(=O)(=O)NC(C)CCO)cc1. The highest BCUT2D eigenvalue weighted by Crippen LogP contribution is 2.34. The molecule has 0 amide bonds. The van der Waals surface area contributed by atoms with Crippen molar-refractivity contribution in [1.82, 2.24) is 9.88 Å². The molecule has 0 saturated carbocycles. The number of aliphatic hydroxyl groups excluding tert-OH is 1. The molecule has 0 spiro atoms. The summed E-state index contributed by atoms with van der Waals surface area (Å²) in [5.74, 6) is 0.666. The summed E-state index contributed by atoms with van der Waals surface area (Å²) in [6.07, 6.45) is 0.359. The Hall–Kier alpha value is -2.48. The Morgan fingerprint density at radius 2 is 1.74 bits per heavy atom. The van der Waals surface area contributed by atoms with Gasteiger partial charge in [0.2, 0.25) is 10.0 Å². The van der Waals surface area contributed by atoms with E-state index in [1.807, 2.05) is 37.3 Å². The van der Waals surface area contributed by atoms with Gasteiger partial charge in [-0.25, -0.2) is 13.1 Å². The molecule has 3 aromatic rings. The minimum Gasteiger partial charge on any atom is -0.396 e. The molecule has 1 unspecified atom stereocenters. The van der Waals surface area contributed by atoms with Gasteiger partial charge in [0.15, 0.2) is 0 Å². The van der Waals surface area contributed by atoms with Crippen molar-refractivity contribution in [2.24, 2.45) is 0 Å². The fourth-order valence-electron chi connectivity index (χ4n) is 2.89. The number of nitrogens with one attached hydrogen (secondary N) is 1. The van der Waals surface area contributed by atoms with Crippen LogP contribution in [0.5, 0.6) is 0 Å². The number of aromatic nitrogens is 1. The number of nitrogens with zero attached hydrogens (tertiary/aromatic N) is 1. The van der Waals surface area contributed by atoms with E-state index < -0.39 is 10.0 Å². The topological polar surface area (TPSA) is 92.4 Å². The van der Waals surface area contributed by atoms with Crippen molar-refractivity contribution in [3.63, 3.8) is 0 Å². The standard InChI is InChI=1S/C20H22N2O4S/c1-14(12-13-23)22-27(24,25)18-10-8-16(9-11-18)19-15(2)26-21-20(19)17-6-4-3-5-7-17/h3-11,14,22-23H,12-13H2,1-2H3. The van der Waals surface area contributed by atoms with Gasteiger partial charge in [-0.3, -0.25) is 0 Å². The predicted molar refractivity (Wildman–Crippen MR) is 104 cm³/mol. The maximum Gasteiger partial charge on any atom is 0.240 e. The van der Waals surface area contributed by atoms with Gasteiger partial charge >= 0.3 is 0 Å². The molecule has 0 aliphatic carbocycles. The number of benzene rings is 2. The average molecular weight is 386 g/mol. The molecular weight excluding hydrogens is 364 g/mol. The number of aryl methyl sites for hydroxylation is 1. The van der Waals surface area contributed by atoms with Crippen LogP contribution in [-0.2, 0) is 10.0 Å². The Morgan fingerprint density at radius 1 is 1.07 bits per heavy atom. The van der Waals surface area contributed by atoms with Crippen LogP contribution in [0.25, 0.3) is 22.4 Å². The molecule has 1 heterocycles. The summed E-state index contributed by atoms with van der Waals surface area (Å²) in [6, 6.07) is 16.0. The van der Waals surface area contributed by atoms with Gasteiger partial charge in [-0.1, -0.05) is 47.6 Å². The quantitative estimate of drug-likeness (QED) is 0.649. The number of hydrogen-bond acceptors (Lipinski definition) is 5. The second kappa shape index (κ2) is 8.04. The van der Waals surface area contributed by atoms with E-state index in [9.17, 15) is 8.42 Å². The number of rotatable bonds is 7. The van der Waals surface area contributed by atoms with Crippen molar-refractivity contribution in [1.29, 1.82) is 0 Å². The molecule has 1 aromatic heterocycles. The third-order valence-electron chi connectivity index (χ3n) is 4.28. The molecule has 0 radical (unpaired) electrons. The Balaban J connectivity index is 1.92. The number of sulfonamides is 1. The summed E-state index contributed by atoms with van der Waals surface area (Å²) < 4.78 is 32.8. The lowest BCUT2D eigenvalue weighted by Crippen LogP contribution is -2.33. The van der Waals surface area contributed by atoms with Gasteiger partial charge in [-0.15, -0.1) is 0 Å². The Kier molecular flexibility index (Phi) is 5.74. The Morgan fingerprint density at radius 3 is 2.37 bits per heavy atom. The molecule has 2 N–H and O–H groups in total. The van der Waals surface area contributed by atoms with E-state index >= 15 is 0 Å². The molecule has 1 atom stereocenters. The minimum atomic E-state index is -3.64. The van der Waals surface area contributed by atoms with Gasteiger partial charge in [0.1, 0.15) is 11.5 Å². The van der Waals surface area contributed by atoms with Crippen LogP contribution >= 0.6 is 0 Å². The average Bonchev–Trinajstić information content (AvgIpc) is 3.04. The molecule has 0 fully saturated rings. The van der Waals surface area contributed by atoms with E-state index in [1.165, 1.54) is 0 Å². The molecule has 142 valence electrons. The van der Waals surface area contributed by atoms with Crippen molar-refractivity contribution in [2.75, 3.05) is 6.61 Å². The first-order chi connectivity index (χ1) is 12.9. The lowest BCUT2D eigenvalue weighted by Gasteiger charge is -2.13. The monoisotopic (exact) mass is 386 g/mol. The van der Waals surface area contributed by atoms with Crippen molar-refractivity contribution in [3.05, 3.63) is 60.4 Å². The van der Waals surface area contributed by atoms with Crippen LogP contribution in [0.15, 0.2) is 64.0 Å². The van der Waals surface area contributed by atoms with Crippen LogP contribution in [0.1, 0.15) is 19.1 Å². The lowest BCUT2D eigenvalue weighted by atomic mass is 10.00. The minimum absolute atomic E-state index is 0.0718. The van der Waals surface area contributed by atoms with Gasteiger partial charge in [-0.05, 0) is 38.0 Å². The fourth-order valence-corrected chi connectivity index (χ4v) is 4.17. The first-order valence-electron chi connectivity index (χ1n) is 8.67. The smallest absolute Gasteiger partial charge is 0.240 e. The summed E-state index contributed by atoms with van der Waals surface area (Å²) in [5, 5.41) is 13.1. The molecular formula is C20H22N2O4S. The van der Waals surface area contributed by atoms with E-state index in [2.05, 4.69) is 9.88 Å². The van der Waals surface area contributed by atoms with Crippen LogP contribution in [0.3, 0.4) is 0 Å². The van der Waals surface area contributed by atoms with Crippen molar-refractivity contribution in [3.8, 4) is 22.4 Å². The summed E-state index contributed by atoms with van der Waals surface area (Å²) >= 11 is 0. The van der Waals surface area contributed by atoms with E-state index in [1.54, 1.807) is 31.2 Å². The Labute approximate surface area is 158 Å². The zero-order valence-electron chi connectivity index (χ0n) is 15.2. The third kappa shape index (κ3) is 4.27. The van der Waals surface area contributed by atoms with E-state index in [0.29, 0.717) is 12.2 Å². The first-order valence-corrected chi connectivity index (χ1v) is 10.2. The molecule has 6 nitrogen and oxygen atoms in total. The highest BCUT2D eigenvalue weighted by molar-refractivity contribution is 7.89. The van der Waals surface area contributed by atoms with Crippen LogP contribution in [0.2, 0.25) is 0 Å². The van der Waals surface area contributed by atoms with Crippen LogP contribution < -0.4 is 4.72 Å². The zero-order chi connectivity index (χ0) is 19.4. The summed E-state index contributed by atoms with van der Waals surface area (Å²) in [4.78, 5) is 0.173. The molecule has 7 heteroatoms. The van der Waals surface area contributed by atoms with Crippen molar-refractivity contribution < 1.29 is 18.0 Å². The normalized spacial score (nSPS) is 12.9. The van der Waals surface area contributed by atoms with Crippen LogP contribution in [0.4, 0.5) is 0 Å². The van der Waals surface area contributed by atoms with Crippen molar-refractivity contribution in [2.45, 2.75) is 31.2 Å². The van der Waals surface area contributed by atoms with Gasteiger partial charge in [0.05, 0.1) is 10.5 Å². The zero-order valence-corrected chi connectivity index (χ0v) is 16.0. The molecule has 0 aliphatic rings.